The second kappa shape index (κ2) is 15.9. The maximum atomic E-state index is 4.82. The van der Waals surface area contributed by atoms with Gasteiger partial charge in [0.25, 0.3) is 0 Å². The number of benzene rings is 4. The Kier molecular flexibility index (Phi) is 12.0. The van der Waals surface area contributed by atoms with E-state index < -0.39 is 8.07 Å². The van der Waals surface area contributed by atoms with Gasteiger partial charge in [-0.1, -0.05) is 131 Å². The quantitative estimate of drug-likeness (QED) is 0.123. The monoisotopic (exact) mass is 881 g/mol. The first kappa shape index (κ1) is 38.5. The van der Waals surface area contributed by atoms with E-state index >= 15 is 0 Å². The Morgan fingerprint density at radius 1 is 0.745 bits per heavy atom. The fourth-order valence-electron chi connectivity index (χ4n) is 6.54. The van der Waals surface area contributed by atoms with Crippen molar-refractivity contribution in [2.45, 2.75) is 73.5 Å². The van der Waals surface area contributed by atoms with E-state index in [9.17, 15) is 0 Å². The normalized spacial score (nSPS) is 11.7. The van der Waals surface area contributed by atoms with Crippen LogP contribution in [0.25, 0.3) is 53.8 Å². The molecule has 2 nitrogen and oxygen atoms in total. The minimum absolute atomic E-state index is 0. The van der Waals surface area contributed by atoms with Crippen LogP contribution in [0.1, 0.15) is 57.2 Å². The Bertz CT molecular complexity index is 2240. The number of fused-ring (bicyclic) bond motifs is 3. The maximum absolute atomic E-state index is 4.82. The van der Waals surface area contributed by atoms with Gasteiger partial charge in [-0.2, -0.15) is 11.3 Å². The largest absolute Gasteiger partial charge is 0.305 e. The van der Waals surface area contributed by atoms with Gasteiger partial charge in [-0.25, -0.2) is 0 Å². The molecule has 0 N–H and O–H groups in total. The zero-order chi connectivity index (χ0) is 35.6. The van der Waals surface area contributed by atoms with Crippen molar-refractivity contribution in [1.82, 2.24) is 9.97 Å². The Morgan fingerprint density at radius 3 is 2.12 bits per heavy atom. The van der Waals surface area contributed by atoms with Crippen LogP contribution >= 0.6 is 11.3 Å². The number of thiophene rings is 1. The molecule has 7 aromatic rings. The van der Waals surface area contributed by atoms with Gasteiger partial charge in [0.2, 0.25) is 0 Å². The van der Waals surface area contributed by atoms with Crippen molar-refractivity contribution >= 4 is 44.8 Å². The van der Waals surface area contributed by atoms with Crippen LogP contribution in [0.4, 0.5) is 0 Å². The van der Waals surface area contributed by atoms with Gasteiger partial charge in [-0.05, 0) is 68.0 Å². The van der Waals surface area contributed by atoms with Crippen LogP contribution in [0.5, 0.6) is 0 Å². The van der Waals surface area contributed by atoms with Crippen molar-refractivity contribution in [2.24, 2.45) is 5.41 Å². The van der Waals surface area contributed by atoms with Crippen molar-refractivity contribution in [3.05, 3.63) is 138 Å². The molecule has 0 bridgehead atoms. The molecule has 0 amide bonds. The van der Waals surface area contributed by atoms with Crippen LogP contribution in [0, 0.1) is 24.5 Å². The summed E-state index contributed by atoms with van der Waals surface area (Å²) in [6, 6.07) is 40.8. The first-order valence-electron chi connectivity index (χ1n) is 17.6. The number of aryl methyl sites for hydroxylation is 1. The van der Waals surface area contributed by atoms with Gasteiger partial charge < -0.3 is 9.97 Å². The third-order valence-corrected chi connectivity index (χ3v) is 12.4. The number of hydrogen-bond acceptors (Lipinski definition) is 3. The molecule has 0 saturated heterocycles. The number of hydrogen-bond donors (Lipinski definition) is 0. The molecular weight excluding hydrogens is 833 g/mol. The minimum Gasteiger partial charge on any atom is -0.305 e. The first-order valence-corrected chi connectivity index (χ1v) is 22.0. The summed E-state index contributed by atoms with van der Waals surface area (Å²) in [6.07, 6.45) is 5.15. The Labute approximate surface area is 323 Å². The summed E-state index contributed by atoms with van der Waals surface area (Å²) in [5.74, 6) is 0.534. The average Bonchev–Trinajstić information content (AvgIpc) is 3.48. The fraction of sp³-hybridized carbons (Fsp3) is 0.261. The number of rotatable bonds is 6. The molecule has 0 unspecified atom stereocenters. The minimum atomic E-state index is -1.34. The van der Waals surface area contributed by atoms with Gasteiger partial charge in [0.1, 0.15) is 0 Å². The molecule has 5 heteroatoms. The van der Waals surface area contributed by atoms with Gasteiger partial charge in [0.05, 0.1) is 8.07 Å². The molecule has 0 saturated carbocycles. The summed E-state index contributed by atoms with van der Waals surface area (Å²) in [5, 5.41) is 4.06. The van der Waals surface area contributed by atoms with Gasteiger partial charge in [-0.3, -0.25) is 0 Å². The van der Waals surface area contributed by atoms with Crippen LogP contribution in [0.15, 0.2) is 109 Å². The van der Waals surface area contributed by atoms with Crippen LogP contribution in [-0.4, -0.2) is 18.0 Å². The zero-order valence-electron chi connectivity index (χ0n) is 31.3. The van der Waals surface area contributed by atoms with E-state index in [0.717, 1.165) is 28.9 Å². The molecule has 7 rings (SSSR count). The van der Waals surface area contributed by atoms with E-state index in [1.807, 2.05) is 41.8 Å². The van der Waals surface area contributed by atoms with Crippen molar-refractivity contribution in [3.63, 3.8) is 0 Å². The third-order valence-electron chi connectivity index (χ3n) is 9.09. The molecular formula is C46H48IrN2SSi-2. The summed E-state index contributed by atoms with van der Waals surface area (Å²) in [6.45, 7) is 20.7. The zero-order valence-corrected chi connectivity index (χ0v) is 35.5. The van der Waals surface area contributed by atoms with E-state index in [1.54, 1.807) is 0 Å². The number of pyridine rings is 2. The van der Waals surface area contributed by atoms with E-state index in [-0.39, 0.29) is 25.5 Å². The summed E-state index contributed by atoms with van der Waals surface area (Å²) >= 11 is 1.86. The SMILES string of the molecule is CC(C)c1cc(-c2[c-]cccc2)ncc1[Si](C)(C)C.Cc1cnc(-c2[c-]ccc3c2sc2c(-c4ccccc4)cccc23)cc1CC(C)(C)C.[Ir]. The summed E-state index contributed by atoms with van der Waals surface area (Å²) in [5.41, 5.74) is 11.1. The molecule has 0 atom stereocenters. The van der Waals surface area contributed by atoms with Crippen molar-refractivity contribution in [1.29, 1.82) is 0 Å². The predicted octanol–water partition coefficient (Wildman–Crippen LogP) is 12.7. The Morgan fingerprint density at radius 2 is 1.45 bits per heavy atom. The molecule has 0 fully saturated rings. The van der Waals surface area contributed by atoms with Crippen LogP contribution in [0.3, 0.4) is 0 Å². The fourth-order valence-corrected chi connectivity index (χ4v) is 9.56. The molecule has 1 radical (unpaired) electrons. The third kappa shape index (κ3) is 8.84. The van der Waals surface area contributed by atoms with Crippen molar-refractivity contribution in [3.8, 4) is 33.6 Å². The second-order valence-electron chi connectivity index (χ2n) is 15.8. The maximum Gasteiger partial charge on any atom is 0.0799 e. The molecule has 3 aromatic heterocycles. The van der Waals surface area contributed by atoms with Gasteiger partial charge >= 0.3 is 0 Å². The standard InChI is InChI=1S/C29H26NS.C17H22NSi.Ir/c1-19-18-30-26(16-21(19)17-29(2,3)4)25-15-9-14-24-23-13-8-12-22(27(23)31-28(24)25)20-10-6-5-7-11-20;1-13(2)15-11-16(14-9-7-6-8-10-14)18-12-17(15)19(3,4)5;/h5-14,16,18H,17H2,1-4H3;6-9,11-13H,1-5H3;/q2*-1;. The molecule has 263 valence electrons. The van der Waals surface area contributed by atoms with E-state index in [4.69, 9.17) is 4.98 Å². The number of nitrogens with zero attached hydrogens (tertiary/aromatic N) is 2. The summed E-state index contributed by atoms with van der Waals surface area (Å²) in [4.78, 5) is 9.48. The molecule has 51 heavy (non-hydrogen) atoms. The topological polar surface area (TPSA) is 25.8 Å². The Hall–Kier alpha value is -3.73. The van der Waals surface area contributed by atoms with Crippen LogP contribution in [-0.2, 0) is 26.5 Å². The molecule has 0 aliphatic heterocycles. The van der Waals surface area contributed by atoms with Crippen LogP contribution in [0.2, 0.25) is 19.6 Å². The Balaban J connectivity index is 0.000000218. The summed E-state index contributed by atoms with van der Waals surface area (Å²) < 4.78 is 2.59. The van der Waals surface area contributed by atoms with E-state index in [0.29, 0.717) is 5.92 Å². The van der Waals surface area contributed by atoms with Gasteiger partial charge in [0.15, 0.2) is 0 Å². The molecule has 3 heterocycles. The molecule has 0 aliphatic rings. The molecule has 0 aliphatic carbocycles. The van der Waals surface area contributed by atoms with Crippen molar-refractivity contribution < 1.29 is 20.1 Å². The second-order valence-corrected chi connectivity index (χ2v) is 21.9. The van der Waals surface area contributed by atoms with Gasteiger partial charge in [0, 0.05) is 37.2 Å². The molecule has 4 aromatic carbocycles. The smallest absolute Gasteiger partial charge is 0.0799 e. The van der Waals surface area contributed by atoms with Gasteiger partial charge in [-0.15, -0.1) is 59.7 Å². The first-order chi connectivity index (χ1) is 23.8. The van der Waals surface area contributed by atoms with E-state index in [2.05, 4.69) is 157 Å². The summed E-state index contributed by atoms with van der Waals surface area (Å²) in [7, 11) is -1.34. The molecule has 0 spiro atoms. The van der Waals surface area contributed by atoms with Crippen molar-refractivity contribution in [2.75, 3.05) is 0 Å². The van der Waals surface area contributed by atoms with E-state index in [1.165, 1.54) is 53.2 Å². The average molecular weight is 881 g/mol. The number of aromatic nitrogens is 2. The predicted molar refractivity (Wildman–Crippen MR) is 220 cm³/mol. The van der Waals surface area contributed by atoms with Crippen LogP contribution < -0.4 is 5.19 Å².